The molecule has 60 valence electrons. The highest BCUT2D eigenvalue weighted by Crippen LogP contribution is 2.06. The van der Waals surface area contributed by atoms with E-state index in [0.717, 1.165) is 13.1 Å². The lowest BCUT2D eigenvalue weighted by Gasteiger charge is -2.35. The van der Waals surface area contributed by atoms with Crippen LogP contribution in [0.25, 0.3) is 0 Å². The summed E-state index contributed by atoms with van der Waals surface area (Å²) in [7, 11) is 0. The molecule has 1 rings (SSSR count). The summed E-state index contributed by atoms with van der Waals surface area (Å²) in [6.45, 7) is 4.44. The maximum absolute atomic E-state index is 9.10. The number of rotatable bonds is 1. The first-order valence-corrected chi connectivity index (χ1v) is 3.51. The van der Waals surface area contributed by atoms with Crippen molar-refractivity contribution in [3.63, 3.8) is 0 Å². The van der Waals surface area contributed by atoms with E-state index in [2.05, 4.69) is 5.32 Å². The minimum Gasteiger partial charge on any atom is -0.353 e. The van der Waals surface area contributed by atoms with Crippen molar-refractivity contribution in [2.24, 2.45) is 0 Å². The van der Waals surface area contributed by atoms with Crippen LogP contribution >= 0.6 is 0 Å². The Morgan fingerprint density at radius 1 is 1.30 bits per heavy atom. The van der Waals surface area contributed by atoms with Crippen LogP contribution in [0.4, 0.5) is 0 Å². The molecule has 0 radical (unpaired) electrons. The molecular formula is C6H14N2O2. The fourth-order valence-electron chi connectivity index (χ4n) is 1.09. The van der Waals surface area contributed by atoms with E-state index in [1.165, 1.54) is 6.92 Å². The van der Waals surface area contributed by atoms with Gasteiger partial charge in [-0.2, -0.15) is 0 Å². The third kappa shape index (κ3) is 1.91. The summed E-state index contributed by atoms with van der Waals surface area (Å²) in [4.78, 5) is 1.63. The molecule has 0 amide bonds. The van der Waals surface area contributed by atoms with Gasteiger partial charge in [0.05, 0.1) is 0 Å². The summed E-state index contributed by atoms with van der Waals surface area (Å²) in [6.07, 6.45) is 0. The maximum Gasteiger partial charge on any atom is 0.222 e. The predicted molar refractivity (Wildman–Crippen MR) is 37.3 cm³/mol. The Bertz CT molecular complexity index is 105. The van der Waals surface area contributed by atoms with Crippen molar-refractivity contribution in [3.05, 3.63) is 0 Å². The average molecular weight is 146 g/mol. The molecule has 1 aliphatic heterocycles. The van der Waals surface area contributed by atoms with Gasteiger partial charge < -0.3 is 15.5 Å². The van der Waals surface area contributed by atoms with Gasteiger partial charge in [-0.1, -0.05) is 0 Å². The van der Waals surface area contributed by atoms with Crippen LogP contribution in [-0.2, 0) is 0 Å². The quantitative estimate of drug-likeness (QED) is 0.396. The average Bonchev–Trinajstić information content (AvgIpc) is 1.88. The van der Waals surface area contributed by atoms with Crippen molar-refractivity contribution >= 4 is 0 Å². The van der Waals surface area contributed by atoms with Gasteiger partial charge in [-0.15, -0.1) is 0 Å². The largest absolute Gasteiger partial charge is 0.353 e. The van der Waals surface area contributed by atoms with Crippen molar-refractivity contribution in [1.29, 1.82) is 0 Å². The fraction of sp³-hybridized carbons (Fsp3) is 1.00. The summed E-state index contributed by atoms with van der Waals surface area (Å²) in [5.74, 6) is -1.64. The smallest absolute Gasteiger partial charge is 0.222 e. The van der Waals surface area contributed by atoms with Gasteiger partial charge in [-0.05, 0) is 0 Å². The standard InChI is InChI=1S/C6H14N2O2/c1-6(9,10)8-4-2-7-3-5-8/h7,9-10H,2-5H2,1H3. The molecule has 10 heavy (non-hydrogen) atoms. The maximum atomic E-state index is 9.10. The Labute approximate surface area is 60.5 Å². The van der Waals surface area contributed by atoms with Gasteiger partial charge in [-0.3, -0.25) is 4.90 Å². The van der Waals surface area contributed by atoms with Crippen LogP contribution < -0.4 is 5.32 Å². The SMILES string of the molecule is CC(O)(O)N1CCNCC1. The highest BCUT2D eigenvalue weighted by molar-refractivity contribution is 4.70. The molecule has 0 saturated carbocycles. The molecule has 1 saturated heterocycles. The minimum atomic E-state index is -1.64. The number of piperazine rings is 1. The highest BCUT2D eigenvalue weighted by atomic mass is 16.5. The molecular weight excluding hydrogens is 132 g/mol. The molecule has 0 aromatic heterocycles. The van der Waals surface area contributed by atoms with Crippen LogP contribution in [0.2, 0.25) is 0 Å². The molecule has 1 aliphatic rings. The van der Waals surface area contributed by atoms with E-state index in [1.807, 2.05) is 0 Å². The molecule has 0 aromatic rings. The molecule has 0 aromatic carbocycles. The summed E-state index contributed by atoms with van der Waals surface area (Å²) < 4.78 is 0. The molecule has 1 fully saturated rings. The van der Waals surface area contributed by atoms with E-state index in [-0.39, 0.29) is 0 Å². The lowest BCUT2D eigenvalue weighted by atomic mass is 10.3. The Hall–Kier alpha value is -0.160. The van der Waals surface area contributed by atoms with Gasteiger partial charge in [0.1, 0.15) is 0 Å². The van der Waals surface area contributed by atoms with E-state index in [9.17, 15) is 0 Å². The van der Waals surface area contributed by atoms with E-state index in [4.69, 9.17) is 10.2 Å². The zero-order valence-electron chi connectivity index (χ0n) is 6.17. The number of hydrogen-bond acceptors (Lipinski definition) is 4. The van der Waals surface area contributed by atoms with Crippen LogP contribution in [0.5, 0.6) is 0 Å². The molecule has 0 unspecified atom stereocenters. The van der Waals surface area contributed by atoms with Gasteiger partial charge in [0, 0.05) is 33.1 Å². The molecule has 1 heterocycles. The molecule has 0 atom stereocenters. The Balaban J connectivity index is 2.39. The van der Waals surface area contributed by atoms with Gasteiger partial charge in [0.25, 0.3) is 0 Å². The third-order valence-electron chi connectivity index (χ3n) is 1.72. The first kappa shape index (κ1) is 7.94. The molecule has 4 nitrogen and oxygen atoms in total. The van der Waals surface area contributed by atoms with Crippen LogP contribution in [0.3, 0.4) is 0 Å². The van der Waals surface area contributed by atoms with Gasteiger partial charge in [0.15, 0.2) is 0 Å². The number of nitrogens with zero attached hydrogens (tertiary/aromatic N) is 1. The first-order valence-electron chi connectivity index (χ1n) is 3.51. The highest BCUT2D eigenvalue weighted by Gasteiger charge is 2.26. The summed E-state index contributed by atoms with van der Waals surface area (Å²) in [5.41, 5.74) is 0. The second-order valence-electron chi connectivity index (χ2n) is 2.71. The molecule has 0 bridgehead atoms. The van der Waals surface area contributed by atoms with Crippen molar-refractivity contribution in [2.75, 3.05) is 26.2 Å². The van der Waals surface area contributed by atoms with Crippen LogP contribution in [-0.4, -0.2) is 47.2 Å². The lowest BCUT2D eigenvalue weighted by Crippen LogP contribution is -2.54. The Morgan fingerprint density at radius 2 is 1.80 bits per heavy atom. The zero-order chi connectivity index (χ0) is 7.61. The lowest BCUT2D eigenvalue weighted by molar-refractivity contribution is -0.252. The minimum absolute atomic E-state index is 0.698. The van der Waals surface area contributed by atoms with E-state index < -0.39 is 5.91 Å². The predicted octanol–water partition coefficient (Wildman–Crippen LogP) is -1.45. The Kier molecular flexibility index (Phi) is 2.25. The topological polar surface area (TPSA) is 55.7 Å². The van der Waals surface area contributed by atoms with Crippen LogP contribution in [0, 0.1) is 0 Å². The fourth-order valence-corrected chi connectivity index (χ4v) is 1.09. The summed E-state index contributed by atoms with van der Waals surface area (Å²) in [6, 6.07) is 0. The van der Waals surface area contributed by atoms with E-state index in [1.54, 1.807) is 4.90 Å². The summed E-state index contributed by atoms with van der Waals surface area (Å²) in [5, 5.41) is 21.3. The van der Waals surface area contributed by atoms with Crippen molar-refractivity contribution in [2.45, 2.75) is 12.8 Å². The van der Waals surface area contributed by atoms with Crippen molar-refractivity contribution in [3.8, 4) is 0 Å². The van der Waals surface area contributed by atoms with Gasteiger partial charge in [0.2, 0.25) is 5.91 Å². The first-order chi connectivity index (χ1) is 4.61. The number of aliphatic hydroxyl groups is 2. The van der Waals surface area contributed by atoms with Crippen molar-refractivity contribution < 1.29 is 10.2 Å². The third-order valence-corrected chi connectivity index (χ3v) is 1.72. The zero-order valence-corrected chi connectivity index (χ0v) is 6.17. The second kappa shape index (κ2) is 2.84. The van der Waals surface area contributed by atoms with E-state index >= 15 is 0 Å². The second-order valence-corrected chi connectivity index (χ2v) is 2.71. The van der Waals surface area contributed by atoms with Crippen LogP contribution in [0.15, 0.2) is 0 Å². The molecule has 0 aliphatic carbocycles. The Morgan fingerprint density at radius 3 is 2.10 bits per heavy atom. The van der Waals surface area contributed by atoms with Gasteiger partial charge in [-0.25, -0.2) is 0 Å². The number of hydrogen-bond donors (Lipinski definition) is 3. The molecule has 4 heteroatoms. The van der Waals surface area contributed by atoms with Crippen LogP contribution in [0.1, 0.15) is 6.92 Å². The normalized spacial score (nSPS) is 23.1. The monoisotopic (exact) mass is 146 g/mol. The molecule has 3 N–H and O–H groups in total. The van der Waals surface area contributed by atoms with Gasteiger partial charge >= 0.3 is 0 Å². The number of nitrogens with one attached hydrogen (secondary N) is 1. The molecule has 0 spiro atoms. The van der Waals surface area contributed by atoms with E-state index in [0.29, 0.717) is 13.1 Å². The van der Waals surface area contributed by atoms with Crippen molar-refractivity contribution in [1.82, 2.24) is 10.2 Å². The summed E-state index contributed by atoms with van der Waals surface area (Å²) >= 11 is 0.